The summed E-state index contributed by atoms with van der Waals surface area (Å²) < 4.78 is 6.35. The molecule has 1 heterocycles. The van der Waals surface area contributed by atoms with E-state index in [1.165, 1.54) is 11.3 Å². The Morgan fingerprint density at radius 3 is 2.54 bits per heavy atom. The van der Waals surface area contributed by atoms with Gasteiger partial charge in [0.05, 0.1) is 0 Å². The normalized spacial score (nSPS) is 10.3. The van der Waals surface area contributed by atoms with Crippen LogP contribution in [0.5, 0.6) is 5.75 Å². The fraction of sp³-hybridized carbons (Fsp3) is 0.167. The molecule has 26 heavy (non-hydrogen) atoms. The van der Waals surface area contributed by atoms with Crippen LogP contribution in [0, 0.1) is 0 Å². The van der Waals surface area contributed by atoms with E-state index in [0.29, 0.717) is 10.9 Å². The maximum absolute atomic E-state index is 11.9. The fourth-order valence-corrected chi connectivity index (χ4v) is 3.73. The maximum Gasteiger partial charge on any atom is 0.264 e. The SMILES string of the molecule is CCSc1nnc(NC(=O)COc2ccc(Nc3ccccc3)cc2)s1. The molecule has 2 aromatic carbocycles. The second kappa shape index (κ2) is 9.21. The zero-order valence-corrected chi connectivity index (χ0v) is 15.8. The monoisotopic (exact) mass is 386 g/mol. The van der Waals surface area contributed by atoms with Gasteiger partial charge in [-0.1, -0.05) is 48.2 Å². The third-order valence-electron chi connectivity index (χ3n) is 3.21. The number of benzene rings is 2. The van der Waals surface area contributed by atoms with Gasteiger partial charge in [-0.2, -0.15) is 0 Å². The van der Waals surface area contributed by atoms with Gasteiger partial charge in [0, 0.05) is 11.4 Å². The smallest absolute Gasteiger partial charge is 0.264 e. The molecule has 0 radical (unpaired) electrons. The first-order chi connectivity index (χ1) is 12.7. The van der Waals surface area contributed by atoms with Gasteiger partial charge in [-0.15, -0.1) is 10.2 Å². The zero-order chi connectivity index (χ0) is 18.2. The van der Waals surface area contributed by atoms with Crippen molar-refractivity contribution in [3.05, 3.63) is 54.6 Å². The highest BCUT2D eigenvalue weighted by atomic mass is 32.2. The minimum absolute atomic E-state index is 0.0820. The number of anilines is 3. The Morgan fingerprint density at radius 2 is 1.81 bits per heavy atom. The molecular formula is C18H18N4O2S2. The van der Waals surface area contributed by atoms with Crippen molar-refractivity contribution in [2.45, 2.75) is 11.3 Å². The number of para-hydroxylation sites is 1. The van der Waals surface area contributed by atoms with Crippen LogP contribution in [0.1, 0.15) is 6.92 Å². The molecule has 1 amide bonds. The number of hydrogen-bond acceptors (Lipinski definition) is 7. The van der Waals surface area contributed by atoms with Crippen LogP contribution in [0.15, 0.2) is 58.9 Å². The van der Waals surface area contributed by atoms with Crippen LogP contribution >= 0.6 is 23.1 Å². The van der Waals surface area contributed by atoms with Gasteiger partial charge < -0.3 is 10.1 Å². The molecule has 0 aliphatic heterocycles. The Bertz CT molecular complexity index is 838. The molecule has 0 aliphatic rings. The molecule has 0 spiro atoms. The Morgan fingerprint density at radius 1 is 1.08 bits per heavy atom. The van der Waals surface area contributed by atoms with Crippen LogP contribution in [-0.2, 0) is 4.79 Å². The van der Waals surface area contributed by atoms with E-state index in [0.717, 1.165) is 21.5 Å². The third-order valence-corrected chi connectivity index (χ3v) is 5.06. The molecule has 6 nitrogen and oxygen atoms in total. The predicted molar refractivity (Wildman–Crippen MR) is 107 cm³/mol. The van der Waals surface area contributed by atoms with Crippen molar-refractivity contribution >= 4 is 45.5 Å². The summed E-state index contributed by atoms with van der Waals surface area (Å²) in [5, 5.41) is 14.4. The number of carbonyl (C=O) groups excluding carboxylic acids is 1. The van der Waals surface area contributed by atoms with Crippen molar-refractivity contribution < 1.29 is 9.53 Å². The molecule has 0 fully saturated rings. The van der Waals surface area contributed by atoms with E-state index >= 15 is 0 Å². The van der Waals surface area contributed by atoms with Gasteiger partial charge in [0.2, 0.25) is 5.13 Å². The lowest BCUT2D eigenvalue weighted by molar-refractivity contribution is -0.118. The second-order valence-corrected chi connectivity index (χ2v) is 7.65. The number of rotatable bonds is 8. The van der Waals surface area contributed by atoms with Crippen molar-refractivity contribution in [1.29, 1.82) is 0 Å². The lowest BCUT2D eigenvalue weighted by atomic mass is 10.2. The first-order valence-electron chi connectivity index (χ1n) is 8.04. The minimum atomic E-state index is -0.263. The third kappa shape index (κ3) is 5.47. The molecular weight excluding hydrogens is 368 g/mol. The number of nitrogens with one attached hydrogen (secondary N) is 2. The predicted octanol–water partition coefficient (Wildman–Crippen LogP) is 4.41. The van der Waals surface area contributed by atoms with Gasteiger partial charge in [0.15, 0.2) is 10.9 Å². The average molecular weight is 387 g/mol. The van der Waals surface area contributed by atoms with Gasteiger partial charge >= 0.3 is 0 Å². The van der Waals surface area contributed by atoms with Gasteiger partial charge in [-0.05, 0) is 42.2 Å². The maximum atomic E-state index is 11.9. The topological polar surface area (TPSA) is 76.1 Å². The van der Waals surface area contributed by atoms with E-state index in [1.54, 1.807) is 11.8 Å². The summed E-state index contributed by atoms with van der Waals surface area (Å²) >= 11 is 2.95. The largest absolute Gasteiger partial charge is 0.484 e. The summed E-state index contributed by atoms with van der Waals surface area (Å²) in [4.78, 5) is 11.9. The molecule has 3 rings (SSSR count). The molecule has 3 aromatic rings. The van der Waals surface area contributed by atoms with E-state index in [1.807, 2.05) is 61.5 Å². The summed E-state index contributed by atoms with van der Waals surface area (Å²) in [6.07, 6.45) is 0. The first-order valence-corrected chi connectivity index (χ1v) is 9.84. The molecule has 0 bridgehead atoms. The molecule has 1 aromatic heterocycles. The molecule has 2 N–H and O–H groups in total. The second-order valence-electron chi connectivity index (χ2n) is 5.16. The Kier molecular flexibility index (Phi) is 6.45. The Balaban J connectivity index is 1.47. The highest BCUT2D eigenvalue weighted by Gasteiger charge is 2.09. The van der Waals surface area contributed by atoms with Crippen LogP contribution in [0.25, 0.3) is 0 Å². The van der Waals surface area contributed by atoms with Crippen molar-refractivity contribution in [2.24, 2.45) is 0 Å². The van der Waals surface area contributed by atoms with Crippen molar-refractivity contribution in [3.63, 3.8) is 0 Å². The highest BCUT2D eigenvalue weighted by molar-refractivity contribution is 8.01. The average Bonchev–Trinajstić information content (AvgIpc) is 3.09. The van der Waals surface area contributed by atoms with Gasteiger partial charge in [-0.25, -0.2) is 0 Å². The van der Waals surface area contributed by atoms with Crippen LogP contribution < -0.4 is 15.4 Å². The quantitative estimate of drug-likeness (QED) is 0.441. The summed E-state index contributed by atoms with van der Waals surface area (Å²) in [7, 11) is 0. The van der Waals surface area contributed by atoms with Crippen molar-refractivity contribution in [2.75, 3.05) is 23.0 Å². The minimum Gasteiger partial charge on any atom is -0.484 e. The number of aromatic nitrogens is 2. The highest BCUT2D eigenvalue weighted by Crippen LogP contribution is 2.25. The molecule has 0 saturated carbocycles. The molecule has 0 unspecified atom stereocenters. The summed E-state index contributed by atoms with van der Waals surface area (Å²) in [6.45, 7) is 1.96. The molecule has 8 heteroatoms. The van der Waals surface area contributed by atoms with E-state index in [-0.39, 0.29) is 12.5 Å². The van der Waals surface area contributed by atoms with Crippen molar-refractivity contribution in [3.8, 4) is 5.75 Å². The first kappa shape index (κ1) is 18.2. The van der Waals surface area contributed by atoms with E-state index in [2.05, 4.69) is 20.8 Å². The van der Waals surface area contributed by atoms with Crippen LogP contribution in [0.2, 0.25) is 0 Å². The van der Waals surface area contributed by atoms with Crippen LogP contribution in [0.3, 0.4) is 0 Å². The standard InChI is InChI=1S/C18H18N4O2S2/c1-2-25-18-22-21-17(26-18)20-16(23)12-24-15-10-8-14(9-11-15)19-13-6-4-3-5-7-13/h3-11,19H,2,12H2,1H3,(H,20,21,23). The lowest BCUT2D eigenvalue weighted by Crippen LogP contribution is -2.20. The zero-order valence-electron chi connectivity index (χ0n) is 14.1. The number of amides is 1. The van der Waals surface area contributed by atoms with E-state index in [9.17, 15) is 4.79 Å². The van der Waals surface area contributed by atoms with Gasteiger partial charge in [0.1, 0.15) is 5.75 Å². The van der Waals surface area contributed by atoms with Gasteiger partial charge in [-0.3, -0.25) is 10.1 Å². The van der Waals surface area contributed by atoms with E-state index in [4.69, 9.17) is 4.74 Å². The lowest BCUT2D eigenvalue weighted by Gasteiger charge is -2.08. The van der Waals surface area contributed by atoms with Crippen LogP contribution in [-0.4, -0.2) is 28.5 Å². The molecule has 134 valence electrons. The Labute approximate surface area is 160 Å². The number of carbonyl (C=O) groups is 1. The summed E-state index contributed by atoms with van der Waals surface area (Å²) in [5.41, 5.74) is 1.96. The fourth-order valence-electron chi connectivity index (χ4n) is 2.07. The molecule has 0 aliphatic carbocycles. The summed E-state index contributed by atoms with van der Waals surface area (Å²) in [6, 6.07) is 17.3. The number of hydrogen-bond donors (Lipinski definition) is 2. The van der Waals surface area contributed by atoms with Gasteiger partial charge in [0.25, 0.3) is 5.91 Å². The number of ether oxygens (including phenoxy) is 1. The number of thioether (sulfide) groups is 1. The van der Waals surface area contributed by atoms with Crippen molar-refractivity contribution in [1.82, 2.24) is 10.2 Å². The van der Waals surface area contributed by atoms with E-state index < -0.39 is 0 Å². The molecule has 0 atom stereocenters. The summed E-state index contributed by atoms with van der Waals surface area (Å²) in [5.74, 6) is 1.28. The molecule has 0 saturated heterocycles. The van der Waals surface area contributed by atoms with Crippen LogP contribution in [0.4, 0.5) is 16.5 Å². The Hall–Kier alpha value is -2.58. The number of nitrogens with zero attached hydrogens (tertiary/aromatic N) is 2.